The number of nitrogens with one attached hydrogen (secondary N) is 1. The number of hydrogen-bond acceptors (Lipinski definition) is 4. The van der Waals surface area contributed by atoms with Crippen molar-refractivity contribution < 1.29 is 9.47 Å². The summed E-state index contributed by atoms with van der Waals surface area (Å²) in [7, 11) is 3.29. The molecule has 0 aliphatic carbocycles. The van der Waals surface area contributed by atoms with Gasteiger partial charge in [-0.15, -0.1) is 0 Å². The minimum atomic E-state index is 0.117. The van der Waals surface area contributed by atoms with Crippen molar-refractivity contribution in [3.8, 4) is 11.5 Å². The first-order chi connectivity index (χ1) is 7.76. The highest BCUT2D eigenvalue weighted by atomic mass is 16.5. The topological polar surface area (TPSA) is 56.5 Å². The Balaban J connectivity index is 3.01. The Hall–Kier alpha value is -1.26. The fraction of sp³-hybridized carbons (Fsp3) is 0.500. The number of benzene rings is 1. The fourth-order valence-electron chi connectivity index (χ4n) is 1.72. The Morgan fingerprint density at radius 2 is 2.06 bits per heavy atom. The lowest BCUT2D eigenvalue weighted by molar-refractivity contribution is 0.381. The Kier molecular flexibility index (Phi) is 5.08. The summed E-state index contributed by atoms with van der Waals surface area (Å²) in [6.45, 7) is 2.13. The van der Waals surface area contributed by atoms with Crippen molar-refractivity contribution in [3.63, 3.8) is 0 Å². The van der Waals surface area contributed by atoms with Crippen molar-refractivity contribution in [1.82, 2.24) is 5.43 Å². The van der Waals surface area contributed by atoms with Gasteiger partial charge >= 0.3 is 0 Å². The molecule has 0 spiro atoms. The predicted molar refractivity (Wildman–Crippen MR) is 64.5 cm³/mol. The van der Waals surface area contributed by atoms with E-state index < -0.39 is 0 Å². The number of rotatable bonds is 6. The lowest BCUT2D eigenvalue weighted by Gasteiger charge is -2.19. The molecule has 0 bridgehead atoms. The molecule has 0 saturated carbocycles. The zero-order valence-electron chi connectivity index (χ0n) is 10.1. The summed E-state index contributed by atoms with van der Waals surface area (Å²) in [5.74, 6) is 7.13. The molecule has 0 aromatic heterocycles. The van der Waals surface area contributed by atoms with Crippen LogP contribution in [0.2, 0.25) is 0 Å². The number of hydrazine groups is 1. The maximum Gasteiger partial charge on any atom is 0.127 e. The van der Waals surface area contributed by atoms with Gasteiger partial charge in [0.15, 0.2) is 0 Å². The van der Waals surface area contributed by atoms with Gasteiger partial charge in [-0.05, 0) is 12.5 Å². The Morgan fingerprint density at radius 1 is 1.31 bits per heavy atom. The van der Waals surface area contributed by atoms with Gasteiger partial charge in [0.2, 0.25) is 0 Å². The molecular weight excluding hydrogens is 204 g/mol. The van der Waals surface area contributed by atoms with Gasteiger partial charge in [0, 0.05) is 17.7 Å². The second-order valence-electron chi connectivity index (χ2n) is 3.62. The van der Waals surface area contributed by atoms with Gasteiger partial charge in [-0.2, -0.15) is 0 Å². The molecule has 0 aliphatic rings. The highest BCUT2D eigenvalue weighted by Gasteiger charge is 2.14. The smallest absolute Gasteiger partial charge is 0.127 e. The molecule has 1 aromatic rings. The zero-order chi connectivity index (χ0) is 12.0. The molecule has 0 radical (unpaired) electrons. The maximum absolute atomic E-state index is 5.55. The predicted octanol–water partition coefficient (Wildman–Crippen LogP) is 2.01. The van der Waals surface area contributed by atoms with Crippen LogP contribution in [0.5, 0.6) is 11.5 Å². The number of methoxy groups -OCH3 is 2. The van der Waals surface area contributed by atoms with Crippen LogP contribution < -0.4 is 20.7 Å². The first-order valence-electron chi connectivity index (χ1n) is 5.44. The standard InChI is InChI=1S/C12H20N2O2/c1-4-5-11(14-13)10-7-6-9(15-2)8-12(10)16-3/h6-8,11,14H,4-5,13H2,1-3H3. The molecule has 3 N–H and O–H groups in total. The molecule has 4 nitrogen and oxygen atoms in total. The Morgan fingerprint density at radius 3 is 2.56 bits per heavy atom. The normalized spacial score (nSPS) is 12.2. The Bertz CT molecular complexity index is 329. The average Bonchev–Trinajstić information content (AvgIpc) is 2.35. The molecule has 0 aliphatic heterocycles. The number of nitrogens with two attached hydrogens (primary N) is 1. The molecule has 1 rings (SSSR count). The van der Waals surface area contributed by atoms with Crippen molar-refractivity contribution in [2.24, 2.45) is 5.84 Å². The van der Waals surface area contributed by atoms with Crippen LogP contribution in [-0.4, -0.2) is 14.2 Å². The van der Waals surface area contributed by atoms with Crippen molar-refractivity contribution in [2.45, 2.75) is 25.8 Å². The maximum atomic E-state index is 5.55. The highest BCUT2D eigenvalue weighted by Crippen LogP contribution is 2.31. The molecule has 1 aromatic carbocycles. The second kappa shape index (κ2) is 6.35. The molecule has 1 atom stereocenters. The van der Waals surface area contributed by atoms with Gasteiger partial charge in [0.25, 0.3) is 0 Å². The van der Waals surface area contributed by atoms with Crippen LogP contribution in [0.1, 0.15) is 31.4 Å². The fourth-order valence-corrected chi connectivity index (χ4v) is 1.72. The van der Waals surface area contributed by atoms with E-state index in [0.29, 0.717) is 0 Å². The van der Waals surface area contributed by atoms with E-state index in [1.807, 2.05) is 18.2 Å². The largest absolute Gasteiger partial charge is 0.497 e. The minimum Gasteiger partial charge on any atom is -0.497 e. The third-order valence-electron chi connectivity index (χ3n) is 2.59. The van der Waals surface area contributed by atoms with E-state index in [1.54, 1.807) is 14.2 Å². The summed E-state index contributed by atoms with van der Waals surface area (Å²) in [5.41, 5.74) is 3.87. The van der Waals surface area contributed by atoms with Crippen molar-refractivity contribution in [2.75, 3.05) is 14.2 Å². The molecule has 0 fully saturated rings. The summed E-state index contributed by atoms with van der Waals surface area (Å²) in [4.78, 5) is 0. The number of hydrogen-bond donors (Lipinski definition) is 2. The van der Waals surface area contributed by atoms with Crippen molar-refractivity contribution >= 4 is 0 Å². The van der Waals surface area contributed by atoms with E-state index in [9.17, 15) is 0 Å². The van der Waals surface area contributed by atoms with Gasteiger partial charge in [0.05, 0.1) is 14.2 Å². The highest BCUT2D eigenvalue weighted by molar-refractivity contribution is 5.42. The van der Waals surface area contributed by atoms with Crippen molar-refractivity contribution in [3.05, 3.63) is 23.8 Å². The number of ether oxygens (including phenoxy) is 2. The summed E-state index contributed by atoms with van der Waals surface area (Å²) in [5, 5.41) is 0. The molecule has 0 heterocycles. The van der Waals surface area contributed by atoms with E-state index in [2.05, 4.69) is 12.3 Å². The monoisotopic (exact) mass is 224 g/mol. The zero-order valence-corrected chi connectivity index (χ0v) is 10.1. The van der Waals surface area contributed by atoms with E-state index in [0.717, 1.165) is 29.9 Å². The minimum absolute atomic E-state index is 0.117. The van der Waals surface area contributed by atoms with Gasteiger partial charge in [-0.1, -0.05) is 19.4 Å². The van der Waals surface area contributed by atoms with Gasteiger partial charge in [-0.3, -0.25) is 11.3 Å². The third-order valence-corrected chi connectivity index (χ3v) is 2.59. The molecule has 0 saturated heterocycles. The van der Waals surface area contributed by atoms with E-state index in [-0.39, 0.29) is 6.04 Å². The van der Waals surface area contributed by atoms with Crippen LogP contribution in [-0.2, 0) is 0 Å². The first-order valence-corrected chi connectivity index (χ1v) is 5.44. The first kappa shape index (κ1) is 12.8. The van der Waals surface area contributed by atoms with Crippen LogP contribution >= 0.6 is 0 Å². The molecule has 90 valence electrons. The van der Waals surface area contributed by atoms with Gasteiger partial charge < -0.3 is 9.47 Å². The molecule has 4 heteroatoms. The van der Waals surface area contributed by atoms with E-state index in [1.165, 1.54) is 0 Å². The molecule has 0 amide bonds. The summed E-state index contributed by atoms with van der Waals surface area (Å²) in [6.07, 6.45) is 2.03. The van der Waals surface area contributed by atoms with Crippen LogP contribution in [0, 0.1) is 0 Å². The summed E-state index contributed by atoms with van der Waals surface area (Å²) >= 11 is 0. The van der Waals surface area contributed by atoms with Crippen LogP contribution in [0.15, 0.2) is 18.2 Å². The van der Waals surface area contributed by atoms with Gasteiger partial charge in [0.1, 0.15) is 11.5 Å². The van der Waals surface area contributed by atoms with E-state index >= 15 is 0 Å². The average molecular weight is 224 g/mol. The van der Waals surface area contributed by atoms with Gasteiger partial charge in [-0.25, -0.2) is 0 Å². The van der Waals surface area contributed by atoms with Crippen LogP contribution in [0.4, 0.5) is 0 Å². The summed E-state index contributed by atoms with van der Waals surface area (Å²) in [6, 6.07) is 5.89. The SMILES string of the molecule is CCCC(NN)c1ccc(OC)cc1OC. The van der Waals surface area contributed by atoms with Crippen LogP contribution in [0.3, 0.4) is 0 Å². The summed E-state index contributed by atoms with van der Waals surface area (Å²) < 4.78 is 10.5. The van der Waals surface area contributed by atoms with Crippen molar-refractivity contribution in [1.29, 1.82) is 0 Å². The van der Waals surface area contributed by atoms with Crippen LogP contribution in [0.25, 0.3) is 0 Å². The molecule has 16 heavy (non-hydrogen) atoms. The molecule has 1 unspecified atom stereocenters. The van der Waals surface area contributed by atoms with E-state index in [4.69, 9.17) is 15.3 Å². The Labute approximate surface area is 96.7 Å². The lowest BCUT2D eigenvalue weighted by atomic mass is 10.0. The third kappa shape index (κ3) is 2.87. The lowest BCUT2D eigenvalue weighted by Crippen LogP contribution is -2.28. The second-order valence-corrected chi connectivity index (χ2v) is 3.62. The molecular formula is C12H20N2O2. The quantitative estimate of drug-likeness (QED) is 0.573.